The number of hydroxylamine groups is 1. The van der Waals surface area contributed by atoms with Crippen LogP contribution in [0.15, 0.2) is 23.7 Å². The van der Waals surface area contributed by atoms with E-state index in [1.165, 1.54) is 24.2 Å². The van der Waals surface area contributed by atoms with Crippen LogP contribution in [-0.4, -0.2) is 17.0 Å². The Morgan fingerprint density at radius 2 is 2.22 bits per heavy atom. The number of hydrogen-bond donors (Lipinski definition) is 1. The Bertz CT molecular complexity index is 561. The number of aromatic nitrogens is 1. The second-order valence-electron chi connectivity index (χ2n) is 4.49. The van der Waals surface area contributed by atoms with E-state index in [0.717, 1.165) is 23.1 Å². The summed E-state index contributed by atoms with van der Waals surface area (Å²) in [5.41, 5.74) is 5.86. The number of carbonyl (C=O) groups excluding carboxylic acids is 1. The maximum absolute atomic E-state index is 11.9. The molecule has 2 aromatic rings. The number of carbonyl (C=O) groups is 1. The van der Waals surface area contributed by atoms with Crippen LogP contribution in [0.1, 0.15) is 36.0 Å². The number of amides is 1. The minimum absolute atomic E-state index is 0.182. The van der Waals surface area contributed by atoms with Gasteiger partial charge in [-0.1, -0.05) is 12.8 Å². The Labute approximate surface area is 109 Å². The largest absolute Gasteiger partial charge is 0.274 e. The lowest BCUT2D eigenvalue weighted by Gasteiger charge is -2.11. The van der Waals surface area contributed by atoms with Crippen LogP contribution in [0.2, 0.25) is 0 Å². The SMILES string of the molecule is O=C(NOC1CCCC1)c1ccc2ncsc2c1. The first kappa shape index (κ1) is 11.6. The van der Waals surface area contributed by atoms with Crippen molar-refractivity contribution in [2.75, 3.05) is 0 Å². The summed E-state index contributed by atoms with van der Waals surface area (Å²) in [6, 6.07) is 5.48. The third kappa shape index (κ3) is 2.37. The Hall–Kier alpha value is -1.46. The van der Waals surface area contributed by atoms with E-state index in [0.29, 0.717) is 5.56 Å². The van der Waals surface area contributed by atoms with E-state index in [4.69, 9.17) is 4.84 Å². The van der Waals surface area contributed by atoms with Gasteiger partial charge >= 0.3 is 0 Å². The number of hydrogen-bond acceptors (Lipinski definition) is 4. The van der Waals surface area contributed by atoms with Gasteiger partial charge in [-0.25, -0.2) is 10.5 Å². The Morgan fingerprint density at radius 1 is 1.39 bits per heavy atom. The fourth-order valence-electron chi connectivity index (χ4n) is 2.20. The monoisotopic (exact) mass is 262 g/mol. The van der Waals surface area contributed by atoms with Crippen molar-refractivity contribution in [3.63, 3.8) is 0 Å². The van der Waals surface area contributed by atoms with Gasteiger partial charge < -0.3 is 0 Å². The predicted octanol–water partition coefficient (Wildman–Crippen LogP) is 2.90. The molecule has 1 fully saturated rings. The molecule has 0 saturated heterocycles. The van der Waals surface area contributed by atoms with Crippen molar-refractivity contribution in [3.05, 3.63) is 29.3 Å². The molecule has 3 rings (SSSR count). The molecule has 1 amide bonds. The van der Waals surface area contributed by atoms with Gasteiger partial charge in [0.2, 0.25) is 0 Å². The molecular weight excluding hydrogens is 248 g/mol. The fourth-order valence-corrected chi connectivity index (χ4v) is 2.91. The normalized spacial score (nSPS) is 16.2. The van der Waals surface area contributed by atoms with Crippen molar-refractivity contribution >= 4 is 27.5 Å². The highest BCUT2D eigenvalue weighted by atomic mass is 32.1. The summed E-state index contributed by atoms with van der Waals surface area (Å²) >= 11 is 1.53. The zero-order chi connectivity index (χ0) is 12.4. The van der Waals surface area contributed by atoms with Crippen molar-refractivity contribution in [2.24, 2.45) is 0 Å². The van der Waals surface area contributed by atoms with E-state index in [1.54, 1.807) is 11.6 Å². The second-order valence-corrected chi connectivity index (χ2v) is 5.38. The molecule has 0 spiro atoms. The van der Waals surface area contributed by atoms with Crippen LogP contribution in [-0.2, 0) is 4.84 Å². The molecule has 4 nitrogen and oxygen atoms in total. The van der Waals surface area contributed by atoms with E-state index in [1.807, 2.05) is 12.1 Å². The molecule has 0 atom stereocenters. The molecule has 1 heterocycles. The Balaban J connectivity index is 1.67. The number of fused-ring (bicyclic) bond motifs is 1. The van der Waals surface area contributed by atoms with Crippen molar-refractivity contribution in [1.82, 2.24) is 10.5 Å². The number of rotatable bonds is 3. The first-order valence-corrected chi connectivity index (χ1v) is 7.00. The zero-order valence-electron chi connectivity index (χ0n) is 9.89. The molecule has 1 aromatic heterocycles. The molecule has 94 valence electrons. The molecule has 0 unspecified atom stereocenters. The van der Waals surface area contributed by atoms with Crippen LogP contribution in [0.25, 0.3) is 10.2 Å². The lowest BCUT2D eigenvalue weighted by Crippen LogP contribution is -2.28. The molecule has 1 aliphatic rings. The molecule has 0 radical (unpaired) electrons. The highest BCUT2D eigenvalue weighted by molar-refractivity contribution is 7.16. The van der Waals surface area contributed by atoms with Gasteiger partial charge in [-0.15, -0.1) is 11.3 Å². The van der Waals surface area contributed by atoms with Crippen LogP contribution in [0.5, 0.6) is 0 Å². The van der Waals surface area contributed by atoms with Crippen molar-refractivity contribution in [1.29, 1.82) is 0 Å². The van der Waals surface area contributed by atoms with Crippen LogP contribution >= 0.6 is 11.3 Å². The molecule has 1 N–H and O–H groups in total. The lowest BCUT2D eigenvalue weighted by molar-refractivity contribution is -0.0124. The number of nitrogens with one attached hydrogen (secondary N) is 1. The summed E-state index contributed by atoms with van der Waals surface area (Å²) < 4.78 is 1.02. The van der Waals surface area contributed by atoms with E-state index < -0.39 is 0 Å². The van der Waals surface area contributed by atoms with Crippen LogP contribution in [0.3, 0.4) is 0 Å². The number of thiazole rings is 1. The topological polar surface area (TPSA) is 51.2 Å². The van der Waals surface area contributed by atoms with Gasteiger partial charge in [-0.3, -0.25) is 9.63 Å². The minimum atomic E-state index is -0.183. The summed E-state index contributed by atoms with van der Waals surface area (Å²) in [5, 5.41) is 0. The minimum Gasteiger partial charge on any atom is -0.270 e. The van der Waals surface area contributed by atoms with Gasteiger partial charge in [-0.2, -0.15) is 0 Å². The molecular formula is C13H14N2O2S. The maximum atomic E-state index is 11.9. The third-order valence-electron chi connectivity index (χ3n) is 3.21. The summed E-state index contributed by atoms with van der Waals surface area (Å²) in [7, 11) is 0. The maximum Gasteiger partial charge on any atom is 0.274 e. The molecule has 0 bridgehead atoms. The van der Waals surface area contributed by atoms with Crippen molar-refractivity contribution in [3.8, 4) is 0 Å². The summed E-state index contributed by atoms with van der Waals surface area (Å²) in [4.78, 5) is 21.5. The highest BCUT2D eigenvalue weighted by Crippen LogP contribution is 2.21. The van der Waals surface area contributed by atoms with Crippen molar-refractivity contribution < 1.29 is 9.63 Å². The van der Waals surface area contributed by atoms with Gasteiger partial charge in [0.25, 0.3) is 5.91 Å². The molecule has 5 heteroatoms. The first-order chi connectivity index (χ1) is 8.83. The summed E-state index contributed by atoms with van der Waals surface area (Å²) in [5.74, 6) is -0.183. The highest BCUT2D eigenvalue weighted by Gasteiger charge is 2.17. The van der Waals surface area contributed by atoms with Gasteiger partial charge in [0.05, 0.1) is 21.8 Å². The van der Waals surface area contributed by atoms with Crippen LogP contribution in [0.4, 0.5) is 0 Å². The van der Waals surface area contributed by atoms with Gasteiger partial charge in [0, 0.05) is 5.56 Å². The van der Waals surface area contributed by atoms with E-state index in [-0.39, 0.29) is 12.0 Å². The van der Waals surface area contributed by atoms with E-state index in [2.05, 4.69) is 10.5 Å². The van der Waals surface area contributed by atoms with E-state index >= 15 is 0 Å². The first-order valence-electron chi connectivity index (χ1n) is 6.12. The molecule has 1 aliphatic carbocycles. The molecule has 1 saturated carbocycles. The van der Waals surface area contributed by atoms with Crippen LogP contribution < -0.4 is 5.48 Å². The zero-order valence-corrected chi connectivity index (χ0v) is 10.7. The van der Waals surface area contributed by atoms with Crippen molar-refractivity contribution in [2.45, 2.75) is 31.8 Å². The fraction of sp³-hybridized carbons (Fsp3) is 0.385. The lowest BCUT2D eigenvalue weighted by atomic mass is 10.2. The molecule has 18 heavy (non-hydrogen) atoms. The Kier molecular flexibility index (Phi) is 3.25. The van der Waals surface area contributed by atoms with Crippen LogP contribution in [0, 0.1) is 0 Å². The average Bonchev–Trinajstić information content (AvgIpc) is 3.05. The Morgan fingerprint density at radius 3 is 3.06 bits per heavy atom. The number of benzene rings is 1. The number of nitrogens with zero attached hydrogens (tertiary/aromatic N) is 1. The summed E-state index contributed by atoms with van der Waals surface area (Å²) in [6.45, 7) is 0. The third-order valence-corrected chi connectivity index (χ3v) is 4.01. The molecule has 1 aromatic carbocycles. The molecule has 0 aliphatic heterocycles. The predicted molar refractivity (Wildman–Crippen MR) is 70.4 cm³/mol. The quantitative estimate of drug-likeness (QED) is 0.865. The van der Waals surface area contributed by atoms with E-state index in [9.17, 15) is 4.79 Å². The second kappa shape index (κ2) is 5.04. The average molecular weight is 262 g/mol. The van der Waals surface area contributed by atoms with Gasteiger partial charge in [0.15, 0.2) is 0 Å². The van der Waals surface area contributed by atoms with Gasteiger partial charge in [-0.05, 0) is 31.0 Å². The summed E-state index contributed by atoms with van der Waals surface area (Å²) in [6.07, 6.45) is 4.63. The van der Waals surface area contributed by atoms with Gasteiger partial charge in [0.1, 0.15) is 0 Å². The standard InChI is InChI=1S/C13H14N2O2S/c16-13(15-17-10-3-1-2-4-10)9-5-6-11-12(7-9)18-8-14-11/h5-8,10H,1-4H2,(H,15,16). The smallest absolute Gasteiger partial charge is 0.270 e.